The number of nitrogens with zero attached hydrogens (tertiary/aromatic N) is 2. The summed E-state index contributed by atoms with van der Waals surface area (Å²) in [7, 11) is 0. The second kappa shape index (κ2) is 11.4. The van der Waals surface area contributed by atoms with Crippen LogP contribution >= 0.6 is 23.2 Å². The molecule has 6 heteroatoms. The van der Waals surface area contributed by atoms with Crippen LogP contribution in [0.2, 0.25) is 10.0 Å². The summed E-state index contributed by atoms with van der Waals surface area (Å²) in [5.74, 6) is 0.619. The first-order chi connectivity index (χ1) is 12.2. The van der Waals surface area contributed by atoms with Crippen molar-refractivity contribution in [1.29, 1.82) is 0 Å². The summed E-state index contributed by atoms with van der Waals surface area (Å²) in [4.78, 5) is 4.08. The summed E-state index contributed by atoms with van der Waals surface area (Å²) in [6, 6.07) is 5.23. The van der Waals surface area contributed by atoms with Gasteiger partial charge in [-0.25, -0.2) is 4.98 Å². The molecule has 1 heterocycles. The molecule has 0 saturated carbocycles. The van der Waals surface area contributed by atoms with E-state index >= 15 is 0 Å². The Morgan fingerprint density at radius 1 is 1.16 bits per heavy atom. The molecule has 1 atom stereocenters. The third kappa shape index (κ3) is 7.68. The van der Waals surface area contributed by atoms with Gasteiger partial charge in [0.2, 0.25) is 0 Å². The number of imidazole rings is 1. The molecule has 1 unspecified atom stereocenters. The monoisotopic (exact) mass is 384 g/mol. The van der Waals surface area contributed by atoms with E-state index < -0.39 is 0 Å². The summed E-state index contributed by atoms with van der Waals surface area (Å²) >= 11 is 12.1. The second-order valence-electron chi connectivity index (χ2n) is 6.05. The van der Waals surface area contributed by atoms with E-state index in [4.69, 9.17) is 32.7 Å². The Bertz CT molecular complexity index is 605. The van der Waals surface area contributed by atoms with Crippen LogP contribution in [0.1, 0.15) is 39.0 Å². The van der Waals surface area contributed by atoms with Crippen molar-refractivity contribution >= 4 is 23.2 Å². The summed E-state index contributed by atoms with van der Waals surface area (Å²) in [6.45, 7) is 4.08. The summed E-state index contributed by atoms with van der Waals surface area (Å²) in [5, 5.41) is 1.10. The third-order valence-electron chi connectivity index (χ3n) is 3.89. The van der Waals surface area contributed by atoms with Crippen molar-refractivity contribution in [3.8, 4) is 5.75 Å². The lowest BCUT2D eigenvalue weighted by molar-refractivity contribution is 0.00810. The molecule has 0 saturated heterocycles. The largest absolute Gasteiger partial charge is 0.489 e. The quantitative estimate of drug-likeness (QED) is 0.445. The van der Waals surface area contributed by atoms with Gasteiger partial charge in [-0.15, -0.1) is 0 Å². The van der Waals surface area contributed by atoms with Crippen LogP contribution in [0.5, 0.6) is 5.75 Å². The van der Waals surface area contributed by atoms with Crippen LogP contribution in [-0.2, 0) is 11.3 Å². The average Bonchev–Trinajstić information content (AvgIpc) is 3.09. The molecule has 4 nitrogen and oxygen atoms in total. The Balaban J connectivity index is 1.83. The summed E-state index contributed by atoms with van der Waals surface area (Å²) < 4.78 is 13.9. The highest BCUT2D eigenvalue weighted by Gasteiger charge is 2.13. The van der Waals surface area contributed by atoms with Gasteiger partial charge in [-0.1, -0.05) is 55.8 Å². The predicted octanol–water partition coefficient (Wildman–Crippen LogP) is 5.62. The molecule has 2 aromatic rings. The molecular weight excluding hydrogens is 359 g/mol. The average molecular weight is 385 g/mol. The number of rotatable bonds is 12. The van der Waals surface area contributed by atoms with Gasteiger partial charge in [0.1, 0.15) is 18.5 Å². The van der Waals surface area contributed by atoms with E-state index in [9.17, 15) is 0 Å². The van der Waals surface area contributed by atoms with Crippen LogP contribution in [-0.4, -0.2) is 28.9 Å². The van der Waals surface area contributed by atoms with Gasteiger partial charge in [0.05, 0.1) is 17.9 Å². The van der Waals surface area contributed by atoms with Crippen LogP contribution in [0.4, 0.5) is 0 Å². The molecule has 0 aliphatic carbocycles. The van der Waals surface area contributed by atoms with Crippen LogP contribution in [0, 0.1) is 0 Å². The molecule has 0 amide bonds. The van der Waals surface area contributed by atoms with Gasteiger partial charge < -0.3 is 14.0 Å². The number of halogens is 2. The summed E-state index contributed by atoms with van der Waals surface area (Å²) in [6.07, 6.45) is 11.5. The molecule has 2 rings (SSSR count). The van der Waals surface area contributed by atoms with Gasteiger partial charge >= 0.3 is 0 Å². The van der Waals surface area contributed by atoms with E-state index in [-0.39, 0.29) is 6.10 Å². The smallest absolute Gasteiger partial charge is 0.138 e. The van der Waals surface area contributed by atoms with Crippen molar-refractivity contribution in [2.75, 3.05) is 13.2 Å². The van der Waals surface area contributed by atoms with Crippen LogP contribution in [0.3, 0.4) is 0 Å². The van der Waals surface area contributed by atoms with Crippen molar-refractivity contribution in [3.05, 3.63) is 47.0 Å². The fourth-order valence-electron chi connectivity index (χ4n) is 2.51. The maximum Gasteiger partial charge on any atom is 0.138 e. The minimum Gasteiger partial charge on any atom is -0.489 e. The molecule has 0 aliphatic rings. The van der Waals surface area contributed by atoms with Crippen LogP contribution in [0.25, 0.3) is 0 Å². The Labute approximate surface area is 160 Å². The zero-order chi connectivity index (χ0) is 17.9. The second-order valence-corrected chi connectivity index (χ2v) is 6.90. The molecular formula is C19H26Cl2N2O2. The topological polar surface area (TPSA) is 36.3 Å². The van der Waals surface area contributed by atoms with E-state index in [2.05, 4.69) is 11.9 Å². The van der Waals surface area contributed by atoms with Gasteiger partial charge in [-0.2, -0.15) is 0 Å². The van der Waals surface area contributed by atoms with E-state index in [0.29, 0.717) is 28.9 Å². The zero-order valence-electron chi connectivity index (χ0n) is 14.7. The first-order valence-electron chi connectivity index (χ1n) is 8.84. The number of benzene rings is 1. The minimum atomic E-state index is -0.0629. The van der Waals surface area contributed by atoms with Gasteiger partial charge in [0.15, 0.2) is 0 Å². The standard InChI is InChI=1S/C19H26Cl2N2O2/c1-2-3-4-5-6-11-24-17(13-23-10-9-22-15-23)14-25-19-8-7-16(20)12-18(19)21/h7-10,12,15,17H,2-6,11,13-14H2,1H3. The molecule has 0 spiro atoms. The molecule has 0 fully saturated rings. The lowest BCUT2D eigenvalue weighted by atomic mass is 10.2. The molecule has 1 aromatic heterocycles. The van der Waals surface area contributed by atoms with Crippen LogP contribution < -0.4 is 4.74 Å². The maximum atomic E-state index is 6.17. The number of hydrogen-bond acceptors (Lipinski definition) is 3. The van der Waals surface area contributed by atoms with E-state index in [1.807, 2.05) is 10.8 Å². The maximum absolute atomic E-state index is 6.17. The number of hydrogen-bond donors (Lipinski definition) is 0. The highest BCUT2D eigenvalue weighted by Crippen LogP contribution is 2.27. The molecule has 0 radical (unpaired) electrons. The Morgan fingerprint density at radius 2 is 2.00 bits per heavy atom. The Morgan fingerprint density at radius 3 is 2.72 bits per heavy atom. The fraction of sp³-hybridized carbons (Fsp3) is 0.526. The molecule has 0 bridgehead atoms. The van der Waals surface area contributed by atoms with Gasteiger partial charge in [0, 0.05) is 24.0 Å². The van der Waals surface area contributed by atoms with Crippen molar-refractivity contribution in [3.63, 3.8) is 0 Å². The van der Waals surface area contributed by atoms with Crippen molar-refractivity contribution in [2.45, 2.75) is 51.7 Å². The lowest BCUT2D eigenvalue weighted by Crippen LogP contribution is -2.27. The lowest BCUT2D eigenvalue weighted by Gasteiger charge is -2.19. The highest BCUT2D eigenvalue weighted by atomic mass is 35.5. The van der Waals surface area contributed by atoms with Crippen LogP contribution in [0.15, 0.2) is 36.9 Å². The van der Waals surface area contributed by atoms with Gasteiger partial charge in [0.25, 0.3) is 0 Å². The van der Waals surface area contributed by atoms with E-state index in [1.165, 1.54) is 25.7 Å². The van der Waals surface area contributed by atoms with Crippen molar-refractivity contribution in [2.24, 2.45) is 0 Å². The fourth-order valence-corrected chi connectivity index (χ4v) is 2.98. The van der Waals surface area contributed by atoms with E-state index in [0.717, 1.165) is 13.0 Å². The van der Waals surface area contributed by atoms with Gasteiger partial charge in [-0.05, 0) is 24.6 Å². The minimum absolute atomic E-state index is 0.0629. The van der Waals surface area contributed by atoms with E-state index in [1.54, 1.807) is 30.7 Å². The van der Waals surface area contributed by atoms with Gasteiger partial charge in [-0.3, -0.25) is 0 Å². The first-order valence-corrected chi connectivity index (χ1v) is 9.60. The number of ether oxygens (including phenoxy) is 2. The third-order valence-corrected chi connectivity index (χ3v) is 4.42. The molecule has 25 heavy (non-hydrogen) atoms. The first kappa shape index (κ1) is 20.1. The Hall–Kier alpha value is -1.23. The SMILES string of the molecule is CCCCCCCOC(COc1ccc(Cl)cc1Cl)Cn1ccnc1. The molecule has 138 valence electrons. The highest BCUT2D eigenvalue weighted by molar-refractivity contribution is 6.35. The molecule has 0 N–H and O–H groups in total. The molecule has 1 aromatic carbocycles. The van der Waals surface area contributed by atoms with Crippen molar-refractivity contribution < 1.29 is 9.47 Å². The van der Waals surface area contributed by atoms with Crippen molar-refractivity contribution in [1.82, 2.24) is 9.55 Å². The summed E-state index contributed by atoms with van der Waals surface area (Å²) in [5.41, 5.74) is 0. The zero-order valence-corrected chi connectivity index (χ0v) is 16.2. The number of unbranched alkanes of at least 4 members (excludes halogenated alkanes) is 4. The molecule has 0 aliphatic heterocycles. The Kier molecular flexibility index (Phi) is 9.16. The number of aromatic nitrogens is 2. The normalized spacial score (nSPS) is 12.3. The predicted molar refractivity (Wildman–Crippen MR) is 103 cm³/mol.